The van der Waals surface area contributed by atoms with Gasteiger partial charge in [-0.3, -0.25) is 4.79 Å². The molecule has 0 saturated carbocycles. The van der Waals surface area contributed by atoms with Gasteiger partial charge in [-0.25, -0.2) is 4.79 Å². The van der Waals surface area contributed by atoms with Gasteiger partial charge in [0.15, 0.2) is 0 Å². The lowest BCUT2D eigenvalue weighted by molar-refractivity contribution is -0.149. The first-order valence-electron chi connectivity index (χ1n) is 5.81. The monoisotopic (exact) mass is 260 g/mol. The molecule has 7 nitrogen and oxygen atoms in total. The lowest BCUT2D eigenvalue weighted by Gasteiger charge is -2.23. The van der Waals surface area contributed by atoms with Crippen LogP contribution in [0.1, 0.15) is 12.8 Å². The first-order chi connectivity index (χ1) is 8.53. The molecule has 0 aromatic carbocycles. The van der Waals surface area contributed by atoms with Gasteiger partial charge in [-0.2, -0.15) is 0 Å². The van der Waals surface area contributed by atoms with Crippen molar-refractivity contribution in [3.63, 3.8) is 0 Å². The van der Waals surface area contributed by atoms with Gasteiger partial charge in [0, 0.05) is 33.7 Å². The molecule has 0 aliphatic carbocycles. The van der Waals surface area contributed by atoms with E-state index in [-0.39, 0.29) is 31.1 Å². The van der Waals surface area contributed by atoms with E-state index < -0.39 is 12.0 Å². The van der Waals surface area contributed by atoms with E-state index in [2.05, 4.69) is 0 Å². The molecule has 1 heterocycles. The van der Waals surface area contributed by atoms with E-state index in [1.165, 1.54) is 19.1 Å². The number of carbonyl (C=O) groups is 2. The van der Waals surface area contributed by atoms with Crippen LogP contribution in [0.4, 0.5) is 0 Å². The van der Waals surface area contributed by atoms with Gasteiger partial charge >= 0.3 is 5.97 Å². The number of nitrogens with zero attached hydrogens (tertiary/aromatic N) is 1. The maximum atomic E-state index is 12.0. The fraction of sp³-hybridized carbons (Fsp3) is 0.818. The standard InChI is InChI=1S/C11H20N2O5/c1-17-7(5-12)4-10(14)13-6-8(18-2)3-9(13)11(15)16/h7-9H,3-6,12H2,1-2H3,(H,15,16). The summed E-state index contributed by atoms with van der Waals surface area (Å²) in [5, 5.41) is 9.09. The summed E-state index contributed by atoms with van der Waals surface area (Å²) < 4.78 is 10.1. The summed E-state index contributed by atoms with van der Waals surface area (Å²) in [4.78, 5) is 24.5. The normalized spacial score (nSPS) is 25.2. The van der Waals surface area contributed by atoms with Gasteiger partial charge in [-0.1, -0.05) is 0 Å². The van der Waals surface area contributed by atoms with E-state index in [4.69, 9.17) is 20.3 Å². The average molecular weight is 260 g/mol. The number of ether oxygens (including phenoxy) is 2. The fourth-order valence-corrected chi connectivity index (χ4v) is 2.05. The van der Waals surface area contributed by atoms with E-state index in [0.717, 1.165) is 0 Å². The molecule has 3 atom stereocenters. The maximum absolute atomic E-state index is 12.0. The molecule has 1 amide bonds. The number of hydrogen-bond donors (Lipinski definition) is 2. The Balaban J connectivity index is 2.67. The predicted molar refractivity (Wildman–Crippen MR) is 63.0 cm³/mol. The Bertz CT molecular complexity index is 306. The molecular formula is C11H20N2O5. The molecule has 0 aromatic rings. The van der Waals surface area contributed by atoms with Crippen molar-refractivity contribution in [1.82, 2.24) is 4.90 Å². The number of rotatable bonds is 6. The third-order valence-electron chi connectivity index (χ3n) is 3.20. The van der Waals surface area contributed by atoms with Gasteiger partial charge in [0.05, 0.1) is 18.6 Å². The SMILES string of the molecule is COC(CN)CC(=O)N1CC(OC)CC1C(=O)O. The van der Waals surface area contributed by atoms with Crippen molar-refractivity contribution in [2.75, 3.05) is 27.3 Å². The highest BCUT2D eigenvalue weighted by Crippen LogP contribution is 2.21. The minimum atomic E-state index is -1.01. The van der Waals surface area contributed by atoms with Crippen LogP contribution in [0.2, 0.25) is 0 Å². The summed E-state index contributed by atoms with van der Waals surface area (Å²) >= 11 is 0. The molecule has 1 fully saturated rings. The van der Waals surface area contributed by atoms with E-state index in [1.54, 1.807) is 0 Å². The van der Waals surface area contributed by atoms with Crippen LogP contribution in [-0.4, -0.2) is 67.4 Å². The smallest absolute Gasteiger partial charge is 0.326 e. The van der Waals surface area contributed by atoms with Crippen LogP contribution < -0.4 is 5.73 Å². The Morgan fingerprint density at radius 3 is 2.61 bits per heavy atom. The van der Waals surface area contributed by atoms with E-state index >= 15 is 0 Å². The largest absolute Gasteiger partial charge is 0.480 e. The Kier molecular flexibility index (Phi) is 5.52. The highest BCUT2D eigenvalue weighted by atomic mass is 16.5. The summed E-state index contributed by atoms with van der Waals surface area (Å²) in [5.41, 5.74) is 5.44. The number of amides is 1. The lowest BCUT2D eigenvalue weighted by atomic mass is 10.2. The van der Waals surface area contributed by atoms with Crippen LogP contribution >= 0.6 is 0 Å². The van der Waals surface area contributed by atoms with Crippen LogP contribution in [0.25, 0.3) is 0 Å². The van der Waals surface area contributed by atoms with Crippen molar-refractivity contribution in [2.45, 2.75) is 31.1 Å². The minimum Gasteiger partial charge on any atom is -0.480 e. The minimum absolute atomic E-state index is 0.0905. The number of carboxylic acids is 1. The number of carbonyl (C=O) groups excluding carboxylic acids is 1. The van der Waals surface area contributed by atoms with Crippen molar-refractivity contribution in [1.29, 1.82) is 0 Å². The lowest BCUT2D eigenvalue weighted by Crippen LogP contribution is -2.42. The molecule has 104 valence electrons. The van der Waals surface area contributed by atoms with E-state index in [9.17, 15) is 9.59 Å². The number of nitrogens with two attached hydrogens (primary N) is 1. The molecule has 1 rings (SSSR count). The van der Waals surface area contributed by atoms with Crippen LogP contribution in [0.3, 0.4) is 0 Å². The molecule has 0 bridgehead atoms. The molecule has 3 N–H and O–H groups in total. The molecule has 0 radical (unpaired) electrons. The average Bonchev–Trinajstić information content (AvgIpc) is 2.80. The fourth-order valence-electron chi connectivity index (χ4n) is 2.05. The number of hydrogen-bond acceptors (Lipinski definition) is 5. The first kappa shape index (κ1) is 14.9. The van der Waals surface area contributed by atoms with Crippen molar-refractivity contribution in [2.24, 2.45) is 5.73 Å². The summed E-state index contributed by atoms with van der Waals surface area (Å²) in [6.07, 6.45) is -0.201. The zero-order valence-electron chi connectivity index (χ0n) is 10.7. The summed E-state index contributed by atoms with van der Waals surface area (Å²) in [5.74, 6) is -1.27. The highest BCUT2D eigenvalue weighted by Gasteiger charge is 2.39. The number of likely N-dealkylation sites (tertiary alicyclic amines) is 1. The van der Waals surface area contributed by atoms with Crippen LogP contribution in [0.5, 0.6) is 0 Å². The second kappa shape index (κ2) is 6.67. The summed E-state index contributed by atoms with van der Waals surface area (Å²) in [6.45, 7) is 0.523. The van der Waals surface area contributed by atoms with Gasteiger partial charge in [-0.05, 0) is 0 Å². The second-order valence-electron chi connectivity index (χ2n) is 4.29. The van der Waals surface area contributed by atoms with E-state index in [1.807, 2.05) is 0 Å². The predicted octanol–water partition coefficient (Wildman–Crippen LogP) is -0.949. The number of carboxylic acid groups (broad SMARTS) is 1. The van der Waals surface area contributed by atoms with Crippen LogP contribution in [0.15, 0.2) is 0 Å². The molecule has 1 aliphatic heterocycles. The summed E-state index contributed by atoms with van der Waals surface area (Å²) in [7, 11) is 2.98. The molecule has 3 unspecified atom stereocenters. The molecule has 7 heteroatoms. The van der Waals surface area contributed by atoms with Crippen molar-refractivity contribution in [3.8, 4) is 0 Å². The van der Waals surface area contributed by atoms with Gasteiger partial charge < -0.3 is 25.2 Å². The van der Waals surface area contributed by atoms with Crippen molar-refractivity contribution in [3.05, 3.63) is 0 Å². The third kappa shape index (κ3) is 3.41. The Hall–Kier alpha value is -1.18. The Morgan fingerprint density at radius 2 is 2.17 bits per heavy atom. The third-order valence-corrected chi connectivity index (χ3v) is 3.20. The molecular weight excluding hydrogens is 240 g/mol. The first-order valence-corrected chi connectivity index (χ1v) is 5.81. The molecule has 0 aromatic heterocycles. The molecule has 1 saturated heterocycles. The van der Waals surface area contributed by atoms with Crippen LogP contribution in [0, 0.1) is 0 Å². The maximum Gasteiger partial charge on any atom is 0.326 e. The zero-order chi connectivity index (χ0) is 13.7. The topological polar surface area (TPSA) is 102 Å². The van der Waals surface area contributed by atoms with Crippen molar-refractivity contribution >= 4 is 11.9 Å². The highest BCUT2D eigenvalue weighted by molar-refractivity contribution is 5.84. The van der Waals surface area contributed by atoms with Gasteiger partial charge in [0.25, 0.3) is 0 Å². The quantitative estimate of drug-likeness (QED) is 0.638. The molecule has 0 spiro atoms. The molecule has 18 heavy (non-hydrogen) atoms. The van der Waals surface area contributed by atoms with Gasteiger partial charge in [0.2, 0.25) is 5.91 Å². The van der Waals surface area contributed by atoms with Gasteiger partial charge in [-0.15, -0.1) is 0 Å². The van der Waals surface area contributed by atoms with E-state index in [0.29, 0.717) is 13.0 Å². The number of aliphatic carboxylic acids is 1. The Labute approximate surface area is 106 Å². The van der Waals surface area contributed by atoms with Gasteiger partial charge in [0.1, 0.15) is 6.04 Å². The number of methoxy groups -OCH3 is 2. The second-order valence-corrected chi connectivity index (χ2v) is 4.29. The Morgan fingerprint density at radius 1 is 1.50 bits per heavy atom. The zero-order valence-corrected chi connectivity index (χ0v) is 10.7. The summed E-state index contributed by atoms with van der Waals surface area (Å²) in [6, 6.07) is -0.822. The van der Waals surface area contributed by atoms with Crippen molar-refractivity contribution < 1.29 is 24.2 Å². The van der Waals surface area contributed by atoms with Crippen LogP contribution in [-0.2, 0) is 19.1 Å². The molecule has 1 aliphatic rings.